The van der Waals surface area contributed by atoms with Gasteiger partial charge in [0, 0.05) is 36.2 Å². The monoisotopic (exact) mass is 318 g/mol. The molecule has 1 aliphatic heterocycles. The Morgan fingerprint density at radius 3 is 3.09 bits per heavy atom. The number of halogens is 2. The Hall–Kier alpha value is -2.34. The van der Waals surface area contributed by atoms with Crippen molar-refractivity contribution in [3.8, 4) is 0 Å². The molecule has 0 radical (unpaired) electrons. The van der Waals surface area contributed by atoms with Gasteiger partial charge in [0.15, 0.2) is 0 Å². The fourth-order valence-corrected chi connectivity index (χ4v) is 3.04. The predicted octanol–water partition coefficient (Wildman–Crippen LogP) is 2.88. The van der Waals surface area contributed by atoms with E-state index < -0.39 is 5.82 Å². The van der Waals surface area contributed by atoms with Crippen LogP contribution in [-0.4, -0.2) is 32.5 Å². The molecule has 3 heterocycles. The molecular formula is C15H12ClFN4O. The van der Waals surface area contributed by atoms with E-state index in [2.05, 4.69) is 15.2 Å². The second kappa shape index (κ2) is 4.84. The van der Waals surface area contributed by atoms with Crippen molar-refractivity contribution in [3.05, 3.63) is 52.2 Å². The summed E-state index contributed by atoms with van der Waals surface area (Å²) in [6, 6.07) is 4.38. The number of benzene rings is 1. The maximum absolute atomic E-state index is 13.8. The van der Waals surface area contributed by atoms with E-state index in [0.717, 1.165) is 17.7 Å². The second-order valence-electron chi connectivity index (χ2n) is 5.35. The van der Waals surface area contributed by atoms with Gasteiger partial charge in [0.25, 0.3) is 5.91 Å². The van der Waals surface area contributed by atoms with Gasteiger partial charge in [-0.25, -0.2) is 4.39 Å². The van der Waals surface area contributed by atoms with E-state index in [1.807, 2.05) is 0 Å². The van der Waals surface area contributed by atoms with E-state index in [9.17, 15) is 9.18 Å². The summed E-state index contributed by atoms with van der Waals surface area (Å²) in [5.41, 5.74) is 2.68. The van der Waals surface area contributed by atoms with Crippen molar-refractivity contribution in [1.82, 2.24) is 20.1 Å². The molecule has 2 aromatic heterocycles. The zero-order valence-corrected chi connectivity index (χ0v) is 12.2. The summed E-state index contributed by atoms with van der Waals surface area (Å²) in [6.07, 6.45) is 2.47. The summed E-state index contributed by atoms with van der Waals surface area (Å²) >= 11 is 6.06. The zero-order valence-electron chi connectivity index (χ0n) is 11.5. The van der Waals surface area contributed by atoms with Gasteiger partial charge in [-0.3, -0.25) is 9.89 Å². The fourth-order valence-electron chi connectivity index (χ4n) is 2.83. The number of carbonyl (C=O) groups is 1. The van der Waals surface area contributed by atoms with Gasteiger partial charge >= 0.3 is 0 Å². The molecule has 0 aliphatic carbocycles. The summed E-state index contributed by atoms with van der Waals surface area (Å²) in [5, 5.41) is 7.86. The van der Waals surface area contributed by atoms with Gasteiger partial charge in [-0.05, 0) is 18.2 Å². The first-order chi connectivity index (χ1) is 10.6. The lowest BCUT2D eigenvalue weighted by Crippen LogP contribution is -2.35. The van der Waals surface area contributed by atoms with Gasteiger partial charge in [0.1, 0.15) is 11.5 Å². The molecule has 0 spiro atoms. The van der Waals surface area contributed by atoms with Gasteiger partial charge in [0.05, 0.1) is 16.7 Å². The molecule has 4 rings (SSSR count). The molecule has 0 unspecified atom stereocenters. The van der Waals surface area contributed by atoms with Crippen LogP contribution in [0.5, 0.6) is 0 Å². The van der Waals surface area contributed by atoms with Crippen molar-refractivity contribution >= 4 is 28.4 Å². The van der Waals surface area contributed by atoms with Crippen molar-refractivity contribution in [2.45, 2.75) is 13.0 Å². The lowest BCUT2D eigenvalue weighted by atomic mass is 10.1. The second-order valence-corrected chi connectivity index (χ2v) is 5.76. The predicted molar refractivity (Wildman–Crippen MR) is 80.3 cm³/mol. The number of aromatic amines is 2. The zero-order chi connectivity index (χ0) is 15.3. The molecule has 0 saturated heterocycles. The number of rotatable bonds is 1. The number of H-pyrrole nitrogens is 2. The Kier molecular flexibility index (Phi) is 2.94. The molecule has 2 N–H and O–H groups in total. The van der Waals surface area contributed by atoms with E-state index >= 15 is 0 Å². The maximum Gasteiger partial charge on any atom is 0.270 e. The van der Waals surface area contributed by atoms with Crippen LogP contribution in [0.1, 0.15) is 21.7 Å². The molecule has 0 fully saturated rings. The number of hydrogen-bond donors (Lipinski definition) is 2. The average Bonchev–Trinajstić information content (AvgIpc) is 3.16. The van der Waals surface area contributed by atoms with Crippen LogP contribution in [0.2, 0.25) is 5.02 Å². The van der Waals surface area contributed by atoms with E-state index in [1.165, 1.54) is 12.1 Å². The van der Waals surface area contributed by atoms with Crippen LogP contribution in [0.25, 0.3) is 10.9 Å². The highest BCUT2D eigenvalue weighted by molar-refractivity contribution is 6.35. The van der Waals surface area contributed by atoms with Crippen LogP contribution >= 0.6 is 11.6 Å². The van der Waals surface area contributed by atoms with E-state index in [-0.39, 0.29) is 11.4 Å². The van der Waals surface area contributed by atoms with Gasteiger partial charge in [-0.2, -0.15) is 5.10 Å². The summed E-state index contributed by atoms with van der Waals surface area (Å²) in [7, 11) is 0. The smallest absolute Gasteiger partial charge is 0.270 e. The SMILES string of the molecule is O=C(c1cc2c(Cl)ccc(F)c2[nH]1)N1CCc2[nH]ncc2C1. The average molecular weight is 319 g/mol. The van der Waals surface area contributed by atoms with Crippen molar-refractivity contribution in [3.63, 3.8) is 0 Å². The normalized spacial score (nSPS) is 14.4. The van der Waals surface area contributed by atoms with Gasteiger partial charge in [-0.1, -0.05) is 11.6 Å². The van der Waals surface area contributed by atoms with Gasteiger partial charge in [-0.15, -0.1) is 0 Å². The van der Waals surface area contributed by atoms with Gasteiger partial charge in [0.2, 0.25) is 0 Å². The molecule has 0 saturated carbocycles. The standard InChI is InChI=1S/C15H12ClFN4O/c16-10-1-2-11(17)14-9(10)5-13(19-14)15(22)21-4-3-12-8(7-21)6-18-20-12/h1-2,5-6,19H,3-4,7H2,(H,18,20). The van der Waals surface area contributed by atoms with Crippen LogP contribution in [0.4, 0.5) is 4.39 Å². The Labute approximate surface area is 130 Å². The molecule has 1 amide bonds. The number of nitrogens with one attached hydrogen (secondary N) is 2. The molecule has 0 bridgehead atoms. The highest BCUT2D eigenvalue weighted by Crippen LogP contribution is 2.27. The first-order valence-electron chi connectivity index (χ1n) is 6.90. The first kappa shape index (κ1) is 13.3. The van der Waals surface area contributed by atoms with Crippen molar-refractivity contribution < 1.29 is 9.18 Å². The van der Waals surface area contributed by atoms with Gasteiger partial charge < -0.3 is 9.88 Å². The fraction of sp³-hybridized carbons (Fsp3) is 0.200. The quantitative estimate of drug-likeness (QED) is 0.724. The number of fused-ring (bicyclic) bond motifs is 2. The Bertz CT molecular complexity index is 846. The van der Waals surface area contributed by atoms with Crippen LogP contribution in [-0.2, 0) is 13.0 Å². The highest BCUT2D eigenvalue weighted by Gasteiger charge is 2.24. The first-order valence-corrected chi connectivity index (χ1v) is 7.28. The summed E-state index contributed by atoms with van der Waals surface area (Å²) in [6.45, 7) is 1.09. The van der Waals surface area contributed by atoms with Crippen molar-refractivity contribution in [2.75, 3.05) is 6.54 Å². The third-order valence-electron chi connectivity index (χ3n) is 4.01. The maximum atomic E-state index is 13.8. The minimum Gasteiger partial charge on any atom is -0.348 e. The number of aromatic nitrogens is 3. The molecule has 7 heteroatoms. The van der Waals surface area contributed by atoms with E-state index in [0.29, 0.717) is 29.2 Å². The highest BCUT2D eigenvalue weighted by atomic mass is 35.5. The topological polar surface area (TPSA) is 64.8 Å². The number of amides is 1. The Morgan fingerprint density at radius 2 is 2.27 bits per heavy atom. The minimum absolute atomic E-state index is 0.168. The van der Waals surface area contributed by atoms with Crippen molar-refractivity contribution in [2.24, 2.45) is 0 Å². The van der Waals surface area contributed by atoms with E-state index in [1.54, 1.807) is 17.2 Å². The van der Waals surface area contributed by atoms with Crippen LogP contribution in [0.3, 0.4) is 0 Å². The number of nitrogens with zero attached hydrogens (tertiary/aromatic N) is 2. The molecule has 1 aliphatic rings. The molecule has 1 aromatic carbocycles. The Balaban J connectivity index is 1.69. The largest absolute Gasteiger partial charge is 0.348 e. The third kappa shape index (κ3) is 1.99. The summed E-state index contributed by atoms with van der Waals surface area (Å²) in [5.74, 6) is -0.590. The number of carbonyl (C=O) groups excluding carboxylic acids is 1. The Morgan fingerprint density at radius 1 is 1.41 bits per heavy atom. The third-order valence-corrected chi connectivity index (χ3v) is 4.34. The molecule has 5 nitrogen and oxygen atoms in total. The molecule has 3 aromatic rings. The molecular weight excluding hydrogens is 307 g/mol. The molecule has 112 valence electrons. The minimum atomic E-state index is -0.422. The molecule has 22 heavy (non-hydrogen) atoms. The summed E-state index contributed by atoms with van der Waals surface area (Å²) < 4.78 is 13.8. The number of hydrogen-bond acceptors (Lipinski definition) is 2. The molecule has 0 atom stereocenters. The van der Waals surface area contributed by atoms with Crippen molar-refractivity contribution in [1.29, 1.82) is 0 Å². The van der Waals surface area contributed by atoms with Crippen LogP contribution in [0, 0.1) is 5.82 Å². The summed E-state index contributed by atoms with van der Waals surface area (Å²) in [4.78, 5) is 17.2. The van der Waals surface area contributed by atoms with Crippen LogP contribution < -0.4 is 0 Å². The lowest BCUT2D eigenvalue weighted by molar-refractivity contribution is 0.0729. The van der Waals surface area contributed by atoms with Crippen LogP contribution in [0.15, 0.2) is 24.4 Å². The lowest BCUT2D eigenvalue weighted by Gasteiger charge is -2.26. The van der Waals surface area contributed by atoms with E-state index in [4.69, 9.17) is 11.6 Å².